The quantitative estimate of drug-likeness (QED) is 0.0783. The second-order valence-electron chi connectivity index (χ2n) is 14.8. The topological polar surface area (TPSA) is 0 Å². The Morgan fingerprint density at radius 1 is 0.302 bits per heavy atom. The lowest BCUT2D eigenvalue weighted by molar-refractivity contribution is 0.169. The highest BCUT2D eigenvalue weighted by Crippen LogP contribution is 2.51. The number of rotatable bonds is 14. The summed E-state index contributed by atoms with van der Waals surface area (Å²) in [6.45, 7) is 0. The molecule has 0 heterocycles. The molecule has 0 spiro atoms. The van der Waals surface area contributed by atoms with Crippen LogP contribution >= 0.6 is 0 Å². The van der Waals surface area contributed by atoms with Gasteiger partial charge < -0.3 is 0 Å². The molecule has 2 aliphatic rings. The van der Waals surface area contributed by atoms with E-state index in [-0.39, 0.29) is 5.41 Å². The first-order valence-electron chi connectivity index (χ1n) is 19.3. The molecule has 6 aromatic carbocycles. The van der Waals surface area contributed by atoms with Crippen LogP contribution < -0.4 is 31.1 Å². The summed E-state index contributed by atoms with van der Waals surface area (Å²) in [4.78, 5) is 0. The predicted molar refractivity (Wildman–Crippen MR) is 233 cm³/mol. The second-order valence-corrected chi connectivity index (χ2v) is 22.9. The van der Waals surface area contributed by atoms with Gasteiger partial charge in [-0.2, -0.15) is 0 Å². The maximum Gasteiger partial charge on any atom is 0.148 e. The molecular formula is C51H48Si2. The largest absolute Gasteiger partial charge is 0.148 e. The van der Waals surface area contributed by atoms with Gasteiger partial charge in [0, 0.05) is 11.8 Å². The maximum absolute atomic E-state index is 2.51. The van der Waals surface area contributed by atoms with Crippen LogP contribution in [0.15, 0.2) is 231 Å². The van der Waals surface area contributed by atoms with E-state index in [1.165, 1.54) is 31.1 Å². The van der Waals surface area contributed by atoms with E-state index in [4.69, 9.17) is 0 Å². The first kappa shape index (κ1) is 34.8. The highest BCUT2D eigenvalue weighted by atomic mass is 28.3. The molecule has 0 fully saturated rings. The SMILES string of the molecule is C1=CC(C(CC[Si](c2ccccc2)(c2ccccc2)c2ccccc2)(CC[Si](c2ccccc2)(c2ccccc2)c2ccccc2)C2C=CC=C2)C=C1. The fraction of sp³-hybridized carbons (Fsp3) is 0.137. The molecule has 8 rings (SSSR count). The minimum atomic E-state index is -2.49. The van der Waals surface area contributed by atoms with Crippen LogP contribution in [0.1, 0.15) is 12.8 Å². The van der Waals surface area contributed by atoms with Gasteiger partial charge >= 0.3 is 0 Å². The predicted octanol–water partition coefficient (Wildman–Crippen LogP) is 8.58. The van der Waals surface area contributed by atoms with Crippen molar-refractivity contribution in [3.8, 4) is 0 Å². The summed E-state index contributed by atoms with van der Waals surface area (Å²) in [7, 11) is -4.97. The Bertz CT molecular complexity index is 1790. The van der Waals surface area contributed by atoms with Crippen LogP contribution in [0.4, 0.5) is 0 Å². The van der Waals surface area contributed by atoms with Crippen molar-refractivity contribution >= 4 is 47.3 Å². The number of benzene rings is 6. The standard InChI is InChI=1S/C51H48Si2/c1-7-27-45(28-8-1)52(46-29-9-2-10-30-46,47-31-11-3-12-32-47)41-39-51(43-23-19-20-24-43,44-25-21-22-26-44)40-42-53(48-33-13-4-14-34-48,49-35-15-5-16-36-49)50-37-17-6-18-38-50/h1-38,43-44H,39-42H2. The van der Waals surface area contributed by atoms with Crippen molar-refractivity contribution < 1.29 is 0 Å². The highest BCUT2D eigenvalue weighted by molar-refractivity contribution is 7.12. The van der Waals surface area contributed by atoms with E-state index in [0.717, 1.165) is 24.9 Å². The van der Waals surface area contributed by atoms with Crippen molar-refractivity contribution in [1.29, 1.82) is 0 Å². The first-order valence-corrected chi connectivity index (χ1v) is 23.7. The maximum atomic E-state index is 2.51. The summed E-state index contributed by atoms with van der Waals surface area (Å²) >= 11 is 0. The third-order valence-electron chi connectivity index (χ3n) is 12.4. The zero-order valence-electron chi connectivity index (χ0n) is 30.4. The highest BCUT2D eigenvalue weighted by Gasteiger charge is 2.49. The molecule has 0 saturated heterocycles. The Morgan fingerprint density at radius 3 is 0.717 bits per heavy atom. The van der Waals surface area contributed by atoms with Crippen molar-refractivity contribution in [2.45, 2.75) is 24.9 Å². The number of hydrogen-bond acceptors (Lipinski definition) is 0. The average Bonchev–Trinajstić information content (AvgIpc) is 4.00. The monoisotopic (exact) mass is 716 g/mol. The van der Waals surface area contributed by atoms with Gasteiger partial charge in [0.15, 0.2) is 0 Å². The van der Waals surface area contributed by atoms with Crippen LogP contribution in [0, 0.1) is 17.3 Å². The molecule has 53 heavy (non-hydrogen) atoms. The Kier molecular flexibility index (Phi) is 10.3. The Hall–Kier alpha value is -5.29. The van der Waals surface area contributed by atoms with E-state index in [0.29, 0.717) is 11.8 Å². The molecule has 0 N–H and O–H groups in total. The van der Waals surface area contributed by atoms with E-state index in [1.54, 1.807) is 0 Å². The molecular weight excluding hydrogens is 669 g/mol. The fourth-order valence-electron chi connectivity index (χ4n) is 9.69. The minimum Gasteiger partial charge on any atom is -0.0770 e. The first-order chi connectivity index (χ1) is 26.3. The van der Waals surface area contributed by atoms with E-state index < -0.39 is 16.1 Å². The lowest BCUT2D eigenvalue weighted by Crippen LogP contribution is -2.68. The summed E-state index contributed by atoms with van der Waals surface area (Å²) < 4.78 is 0. The molecule has 0 bridgehead atoms. The lowest BCUT2D eigenvalue weighted by Gasteiger charge is -2.47. The van der Waals surface area contributed by atoms with Crippen molar-refractivity contribution in [1.82, 2.24) is 0 Å². The van der Waals surface area contributed by atoms with Crippen molar-refractivity contribution in [3.63, 3.8) is 0 Å². The summed E-state index contributed by atoms with van der Waals surface area (Å²) in [5.41, 5.74) is -0.0276. The van der Waals surface area contributed by atoms with E-state index in [1.807, 2.05) is 0 Å². The van der Waals surface area contributed by atoms with E-state index in [2.05, 4.69) is 231 Å². The van der Waals surface area contributed by atoms with Gasteiger partial charge in [-0.25, -0.2) is 0 Å². The Labute approximate surface area is 318 Å². The van der Waals surface area contributed by atoms with E-state index >= 15 is 0 Å². The molecule has 0 amide bonds. The van der Waals surface area contributed by atoms with Gasteiger partial charge in [0.25, 0.3) is 0 Å². The van der Waals surface area contributed by atoms with Crippen LogP contribution in [0.3, 0.4) is 0 Å². The Morgan fingerprint density at radius 2 is 0.509 bits per heavy atom. The summed E-state index contributed by atoms with van der Waals surface area (Å²) in [6.07, 6.45) is 21.5. The molecule has 2 heteroatoms. The smallest absolute Gasteiger partial charge is 0.0770 e. The third-order valence-corrected chi connectivity index (χ3v) is 22.3. The van der Waals surface area contributed by atoms with Gasteiger partial charge in [-0.3, -0.25) is 0 Å². The molecule has 0 atom stereocenters. The van der Waals surface area contributed by atoms with Gasteiger partial charge in [0.2, 0.25) is 0 Å². The van der Waals surface area contributed by atoms with Gasteiger partial charge in [0.05, 0.1) is 0 Å². The summed E-state index contributed by atoms with van der Waals surface area (Å²) in [6, 6.07) is 71.3. The van der Waals surface area contributed by atoms with Crippen LogP contribution in [-0.2, 0) is 0 Å². The number of allylic oxidation sites excluding steroid dienone is 8. The lowest BCUT2D eigenvalue weighted by atomic mass is 9.63. The molecule has 2 aliphatic carbocycles. The molecule has 0 saturated carbocycles. The van der Waals surface area contributed by atoms with E-state index in [9.17, 15) is 0 Å². The normalized spacial score (nSPS) is 14.6. The summed E-state index contributed by atoms with van der Waals surface area (Å²) in [5.74, 6) is 0.672. The van der Waals surface area contributed by atoms with Gasteiger partial charge in [-0.1, -0.05) is 231 Å². The van der Waals surface area contributed by atoms with Gasteiger partial charge in [0.1, 0.15) is 16.1 Å². The summed E-state index contributed by atoms with van der Waals surface area (Å²) in [5, 5.41) is 8.93. The average molecular weight is 717 g/mol. The molecule has 0 radical (unpaired) electrons. The molecule has 6 aromatic rings. The zero-order chi connectivity index (χ0) is 35.8. The van der Waals surface area contributed by atoms with Gasteiger partial charge in [-0.05, 0) is 61.5 Å². The van der Waals surface area contributed by atoms with Crippen LogP contribution in [0.25, 0.3) is 0 Å². The molecule has 0 aliphatic heterocycles. The molecule has 0 aromatic heterocycles. The van der Waals surface area contributed by atoms with Gasteiger partial charge in [-0.15, -0.1) is 0 Å². The van der Waals surface area contributed by atoms with Crippen molar-refractivity contribution in [3.05, 3.63) is 231 Å². The fourth-order valence-corrected chi connectivity index (χ4v) is 19.7. The molecule has 0 unspecified atom stereocenters. The number of hydrogen-bond donors (Lipinski definition) is 0. The molecule has 0 nitrogen and oxygen atoms in total. The Balaban J connectivity index is 1.31. The van der Waals surface area contributed by atoms with Crippen LogP contribution in [-0.4, -0.2) is 16.1 Å². The zero-order valence-corrected chi connectivity index (χ0v) is 32.4. The van der Waals surface area contributed by atoms with Crippen LogP contribution in [0.2, 0.25) is 12.1 Å². The van der Waals surface area contributed by atoms with Crippen molar-refractivity contribution in [2.24, 2.45) is 17.3 Å². The minimum absolute atomic E-state index is 0.0276. The third kappa shape index (κ3) is 6.63. The van der Waals surface area contributed by atoms with Crippen molar-refractivity contribution in [2.75, 3.05) is 0 Å². The van der Waals surface area contributed by atoms with Crippen LogP contribution in [0.5, 0.6) is 0 Å². The second kappa shape index (κ2) is 15.8. The molecule has 260 valence electrons.